The predicted octanol–water partition coefficient (Wildman–Crippen LogP) is 3.13. The van der Waals surface area contributed by atoms with E-state index in [0.717, 1.165) is 19.5 Å². The maximum Gasteiger partial charge on any atom is 0.220 e. The maximum atomic E-state index is 5.59. The minimum absolute atomic E-state index is 0.452. The van der Waals surface area contributed by atoms with Gasteiger partial charge in [0.1, 0.15) is 0 Å². The maximum absolute atomic E-state index is 5.59. The summed E-state index contributed by atoms with van der Waals surface area (Å²) in [6, 6.07) is 0. The van der Waals surface area contributed by atoms with Crippen LogP contribution in [0.3, 0.4) is 0 Å². The Bertz CT molecular complexity index is 182. The van der Waals surface area contributed by atoms with Gasteiger partial charge in [-0.2, -0.15) is 0 Å². The zero-order chi connectivity index (χ0) is 10.2. The molecule has 0 amide bonds. The smallest absolute Gasteiger partial charge is 0.220 e. The van der Waals surface area contributed by atoms with E-state index in [4.69, 9.17) is 9.47 Å². The van der Waals surface area contributed by atoms with E-state index in [0.29, 0.717) is 10.8 Å². The Morgan fingerprint density at radius 3 is 1.57 bits per heavy atom. The van der Waals surface area contributed by atoms with Crippen LogP contribution >= 0.6 is 0 Å². The van der Waals surface area contributed by atoms with Crippen LogP contribution in [-0.2, 0) is 9.47 Å². The van der Waals surface area contributed by atoms with Crippen molar-refractivity contribution in [3.8, 4) is 0 Å². The van der Waals surface area contributed by atoms with Gasteiger partial charge in [-0.3, -0.25) is 0 Å². The molecule has 0 unspecified atom stereocenters. The van der Waals surface area contributed by atoms with Gasteiger partial charge < -0.3 is 9.47 Å². The van der Waals surface area contributed by atoms with E-state index in [1.807, 2.05) is 6.92 Å². The van der Waals surface area contributed by atoms with Crippen molar-refractivity contribution in [1.82, 2.24) is 0 Å². The van der Waals surface area contributed by atoms with Crippen LogP contribution in [0.1, 0.15) is 46.5 Å². The van der Waals surface area contributed by atoms with Crippen molar-refractivity contribution in [2.75, 3.05) is 13.2 Å². The van der Waals surface area contributed by atoms with Crippen molar-refractivity contribution in [1.29, 1.82) is 0 Å². The minimum Gasteiger partial charge on any atom is -0.345 e. The first-order valence-electron chi connectivity index (χ1n) is 5.61. The molecule has 0 bridgehead atoms. The first-order valence-corrected chi connectivity index (χ1v) is 5.61. The molecular weight excluding hydrogens is 176 g/mol. The Morgan fingerprint density at radius 2 is 1.29 bits per heavy atom. The summed E-state index contributed by atoms with van der Waals surface area (Å²) in [6.45, 7) is 8.12. The standard InChI is InChI=1S/C12H21O2/c1-10(13-8-11(2)4-5-11)14-9-12(3)6-7-12/h4-9H2,1-3H3. The summed E-state index contributed by atoms with van der Waals surface area (Å²) in [7, 11) is 0. The highest BCUT2D eigenvalue weighted by Crippen LogP contribution is 2.47. The molecule has 81 valence electrons. The molecule has 2 saturated carbocycles. The second-order valence-electron chi connectivity index (χ2n) is 5.69. The van der Waals surface area contributed by atoms with Crippen molar-refractivity contribution >= 4 is 0 Å². The average Bonchev–Trinajstić information content (AvgIpc) is 3.02. The van der Waals surface area contributed by atoms with Gasteiger partial charge in [-0.05, 0) is 43.4 Å². The molecule has 2 rings (SSSR count). The van der Waals surface area contributed by atoms with Crippen LogP contribution in [0.5, 0.6) is 0 Å². The molecule has 2 fully saturated rings. The Hall–Kier alpha value is -0.0800. The molecule has 0 atom stereocenters. The summed E-state index contributed by atoms with van der Waals surface area (Å²) in [5.74, 6) is 0. The van der Waals surface area contributed by atoms with Crippen molar-refractivity contribution in [2.45, 2.75) is 46.5 Å². The van der Waals surface area contributed by atoms with Gasteiger partial charge >= 0.3 is 0 Å². The Balaban J connectivity index is 1.56. The predicted molar refractivity (Wildman–Crippen MR) is 55.5 cm³/mol. The van der Waals surface area contributed by atoms with E-state index >= 15 is 0 Å². The summed E-state index contributed by atoms with van der Waals surface area (Å²) in [5.41, 5.74) is 0.905. The van der Waals surface area contributed by atoms with Gasteiger partial charge in [0.05, 0.1) is 13.2 Å². The molecule has 0 spiro atoms. The van der Waals surface area contributed by atoms with Crippen LogP contribution in [0.2, 0.25) is 0 Å². The molecule has 0 saturated heterocycles. The topological polar surface area (TPSA) is 18.5 Å². The molecule has 14 heavy (non-hydrogen) atoms. The lowest BCUT2D eigenvalue weighted by molar-refractivity contribution is -0.0613. The molecule has 0 aromatic carbocycles. The zero-order valence-electron chi connectivity index (χ0n) is 9.56. The molecule has 0 heterocycles. The van der Waals surface area contributed by atoms with E-state index < -0.39 is 0 Å². The molecule has 0 aromatic heterocycles. The van der Waals surface area contributed by atoms with E-state index in [1.54, 1.807) is 0 Å². The van der Waals surface area contributed by atoms with E-state index in [-0.39, 0.29) is 0 Å². The monoisotopic (exact) mass is 197 g/mol. The third kappa shape index (κ3) is 2.96. The van der Waals surface area contributed by atoms with Crippen LogP contribution in [0.15, 0.2) is 0 Å². The van der Waals surface area contributed by atoms with E-state index in [1.165, 1.54) is 25.7 Å². The Kier molecular flexibility index (Phi) is 2.61. The van der Waals surface area contributed by atoms with E-state index in [2.05, 4.69) is 13.8 Å². The average molecular weight is 197 g/mol. The molecule has 0 aliphatic heterocycles. The van der Waals surface area contributed by atoms with Gasteiger partial charge in [0.25, 0.3) is 0 Å². The van der Waals surface area contributed by atoms with Crippen LogP contribution in [0, 0.1) is 17.1 Å². The van der Waals surface area contributed by atoms with Crippen LogP contribution in [0.4, 0.5) is 0 Å². The lowest BCUT2D eigenvalue weighted by Gasteiger charge is -2.17. The zero-order valence-corrected chi connectivity index (χ0v) is 9.56. The fraction of sp³-hybridized carbons (Fsp3) is 0.917. The Morgan fingerprint density at radius 1 is 0.929 bits per heavy atom. The van der Waals surface area contributed by atoms with Crippen LogP contribution < -0.4 is 0 Å². The third-order valence-corrected chi connectivity index (χ3v) is 3.45. The highest BCUT2D eigenvalue weighted by atomic mass is 16.7. The highest BCUT2D eigenvalue weighted by molar-refractivity contribution is 4.90. The van der Waals surface area contributed by atoms with Gasteiger partial charge in [-0.1, -0.05) is 13.8 Å². The van der Waals surface area contributed by atoms with Crippen molar-refractivity contribution < 1.29 is 9.47 Å². The van der Waals surface area contributed by atoms with Crippen LogP contribution in [-0.4, -0.2) is 13.2 Å². The number of hydrogen-bond acceptors (Lipinski definition) is 2. The van der Waals surface area contributed by atoms with Crippen molar-refractivity contribution in [3.05, 3.63) is 6.29 Å². The minimum atomic E-state index is 0.452. The largest absolute Gasteiger partial charge is 0.345 e. The highest BCUT2D eigenvalue weighted by Gasteiger charge is 2.39. The molecular formula is C12H21O2. The normalized spacial score (nSPS) is 26.6. The molecule has 1 radical (unpaired) electrons. The number of rotatable bonds is 6. The summed E-state index contributed by atoms with van der Waals surface area (Å²) in [4.78, 5) is 0. The van der Waals surface area contributed by atoms with Gasteiger partial charge in [-0.15, -0.1) is 0 Å². The van der Waals surface area contributed by atoms with Gasteiger partial charge in [0.2, 0.25) is 6.29 Å². The van der Waals surface area contributed by atoms with Crippen LogP contribution in [0.25, 0.3) is 0 Å². The molecule has 0 N–H and O–H groups in total. The first kappa shape index (κ1) is 10.4. The third-order valence-electron chi connectivity index (χ3n) is 3.45. The summed E-state index contributed by atoms with van der Waals surface area (Å²) in [5, 5.41) is 0. The summed E-state index contributed by atoms with van der Waals surface area (Å²) in [6.07, 6.45) is 5.97. The molecule has 2 aliphatic carbocycles. The summed E-state index contributed by atoms with van der Waals surface area (Å²) < 4.78 is 11.2. The van der Waals surface area contributed by atoms with Gasteiger partial charge in [0.15, 0.2) is 0 Å². The second kappa shape index (κ2) is 3.49. The SMILES string of the molecule is C[C](OCC1(C)CC1)OCC1(C)CC1. The molecule has 2 heteroatoms. The van der Waals surface area contributed by atoms with Crippen molar-refractivity contribution in [3.63, 3.8) is 0 Å². The lowest BCUT2D eigenvalue weighted by atomic mass is 10.2. The second-order valence-corrected chi connectivity index (χ2v) is 5.69. The quantitative estimate of drug-likeness (QED) is 0.651. The molecule has 2 nitrogen and oxygen atoms in total. The lowest BCUT2D eigenvalue weighted by Crippen LogP contribution is -2.15. The molecule has 0 aromatic rings. The van der Waals surface area contributed by atoms with Gasteiger partial charge in [-0.25, -0.2) is 0 Å². The fourth-order valence-corrected chi connectivity index (χ4v) is 1.31. The molecule has 2 aliphatic rings. The van der Waals surface area contributed by atoms with Gasteiger partial charge in [0, 0.05) is 0 Å². The number of ether oxygens (including phenoxy) is 2. The van der Waals surface area contributed by atoms with E-state index in [9.17, 15) is 0 Å². The fourth-order valence-electron chi connectivity index (χ4n) is 1.31. The van der Waals surface area contributed by atoms with Crippen molar-refractivity contribution in [2.24, 2.45) is 10.8 Å². The summed E-state index contributed by atoms with van der Waals surface area (Å²) >= 11 is 0. The number of hydrogen-bond donors (Lipinski definition) is 0. The first-order chi connectivity index (χ1) is 6.52. The Labute approximate surface area is 87.0 Å².